The molecule has 3 aromatic rings. The predicted octanol–water partition coefficient (Wildman–Crippen LogP) is 4.58. The van der Waals surface area contributed by atoms with Gasteiger partial charge in [0.15, 0.2) is 5.76 Å². The van der Waals surface area contributed by atoms with Gasteiger partial charge in [0, 0.05) is 25.2 Å². The highest BCUT2D eigenvalue weighted by Crippen LogP contribution is 2.36. The molecule has 1 atom stereocenters. The largest absolute Gasteiger partial charge is 0.431 e. The van der Waals surface area contributed by atoms with E-state index in [1.54, 1.807) is 19.0 Å². The van der Waals surface area contributed by atoms with Crippen molar-refractivity contribution >= 4 is 17.7 Å². The van der Waals surface area contributed by atoms with E-state index in [-0.39, 0.29) is 11.2 Å². The fourth-order valence-electron chi connectivity index (χ4n) is 2.49. The highest BCUT2D eigenvalue weighted by atomic mass is 32.2. The Morgan fingerprint density at radius 2 is 1.56 bits per heavy atom. The van der Waals surface area contributed by atoms with Crippen molar-refractivity contribution in [2.45, 2.75) is 17.4 Å². The maximum absolute atomic E-state index is 12.1. The molecule has 4 nitrogen and oxygen atoms in total. The van der Waals surface area contributed by atoms with Crippen LogP contribution in [-0.4, -0.2) is 35.1 Å². The standard InChI is InChI=1S/C20H20N2O2S/c1-14(19(23)22(2)3)25-20-21-17(15-10-6-4-7-11-15)18(24-20)16-12-8-5-9-13-16/h4-14H,1-3H3/t14-/m0/s1. The Bertz CT molecular complexity index is 788. The number of carbonyl (C=O) groups is 1. The third-order valence-corrected chi connectivity index (χ3v) is 4.69. The molecule has 0 saturated carbocycles. The van der Waals surface area contributed by atoms with Gasteiger partial charge in [-0.15, -0.1) is 0 Å². The van der Waals surface area contributed by atoms with Gasteiger partial charge in [-0.2, -0.15) is 0 Å². The Morgan fingerprint density at radius 3 is 2.12 bits per heavy atom. The van der Waals surface area contributed by atoms with E-state index in [2.05, 4.69) is 4.98 Å². The number of hydrogen-bond acceptors (Lipinski definition) is 4. The van der Waals surface area contributed by atoms with Crippen molar-refractivity contribution in [3.05, 3.63) is 60.7 Å². The van der Waals surface area contributed by atoms with Crippen molar-refractivity contribution < 1.29 is 9.21 Å². The number of hydrogen-bond donors (Lipinski definition) is 0. The fraction of sp³-hybridized carbons (Fsp3) is 0.200. The highest BCUT2D eigenvalue weighted by Gasteiger charge is 2.22. The first kappa shape index (κ1) is 17.3. The lowest BCUT2D eigenvalue weighted by atomic mass is 10.1. The second kappa shape index (κ2) is 7.57. The molecule has 1 amide bonds. The van der Waals surface area contributed by atoms with Crippen molar-refractivity contribution in [3.63, 3.8) is 0 Å². The zero-order chi connectivity index (χ0) is 17.8. The van der Waals surface area contributed by atoms with Gasteiger partial charge in [-0.25, -0.2) is 4.98 Å². The maximum Gasteiger partial charge on any atom is 0.257 e. The van der Waals surface area contributed by atoms with Gasteiger partial charge in [0.2, 0.25) is 5.91 Å². The van der Waals surface area contributed by atoms with Crippen LogP contribution in [-0.2, 0) is 4.79 Å². The molecule has 3 rings (SSSR count). The molecule has 0 aliphatic carbocycles. The van der Waals surface area contributed by atoms with Gasteiger partial charge in [-0.1, -0.05) is 72.4 Å². The van der Waals surface area contributed by atoms with Gasteiger partial charge < -0.3 is 9.32 Å². The lowest BCUT2D eigenvalue weighted by Crippen LogP contribution is -2.29. The summed E-state index contributed by atoms with van der Waals surface area (Å²) in [5.41, 5.74) is 2.75. The second-order valence-electron chi connectivity index (χ2n) is 5.88. The van der Waals surface area contributed by atoms with E-state index in [9.17, 15) is 4.79 Å². The number of thioether (sulfide) groups is 1. The van der Waals surface area contributed by atoms with E-state index in [0.717, 1.165) is 22.6 Å². The minimum atomic E-state index is -0.263. The van der Waals surface area contributed by atoms with E-state index in [1.165, 1.54) is 11.8 Å². The summed E-state index contributed by atoms with van der Waals surface area (Å²) < 4.78 is 6.04. The molecule has 25 heavy (non-hydrogen) atoms. The summed E-state index contributed by atoms with van der Waals surface area (Å²) in [4.78, 5) is 18.4. The third kappa shape index (κ3) is 3.94. The van der Waals surface area contributed by atoms with Crippen LogP contribution < -0.4 is 0 Å². The molecule has 0 aliphatic rings. The average molecular weight is 352 g/mol. The lowest BCUT2D eigenvalue weighted by molar-refractivity contribution is -0.127. The van der Waals surface area contributed by atoms with Crippen LogP contribution in [0.2, 0.25) is 0 Å². The van der Waals surface area contributed by atoms with E-state index < -0.39 is 0 Å². The van der Waals surface area contributed by atoms with Crippen LogP contribution in [0.5, 0.6) is 0 Å². The van der Waals surface area contributed by atoms with Crippen LogP contribution in [0, 0.1) is 0 Å². The Kier molecular flexibility index (Phi) is 5.24. The molecule has 0 fully saturated rings. The minimum Gasteiger partial charge on any atom is -0.431 e. The van der Waals surface area contributed by atoms with E-state index in [1.807, 2.05) is 67.6 Å². The molecule has 0 N–H and O–H groups in total. The Hall–Kier alpha value is -2.53. The van der Waals surface area contributed by atoms with Crippen molar-refractivity contribution in [1.29, 1.82) is 0 Å². The molecule has 0 spiro atoms. The topological polar surface area (TPSA) is 46.3 Å². The van der Waals surface area contributed by atoms with Crippen molar-refractivity contribution in [3.8, 4) is 22.6 Å². The summed E-state index contributed by atoms with van der Waals surface area (Å²) in [7, 11) is 3.50. The quantitative estimate of drug-likeness (QED) is 0.631. The van der Waals surface area contributed by atoms with Crippen molar-refractivity contribution in [1.82, 2.24) is 9.88 Å². The molecule has 5 heteroatoms. The molecule has 0 bridgehead atoms. The second-order valence-corrected chi connectivity index (χ2v) is 7.17. The average Bonchev–Trinajstić information content (AvgIpc) is 3.06. The number of amides is 1. The lowest BCUT2D eigenvalue weighted by Gasteiger charge is -2.14. The molecule has 1 aromatic heterocycles. The van der Waals surface area contributed by atoms with Crippen LogP contribution in [0.25, 0.3) is 22.6 Å². The van der Waals surface area contributed by atoms with Gasteiger partial charge in [0.25, 0.3) is 5.22 Å². The van der Waals surface area contributed by atoms with Crippen LogP contribution in [0.3, 0.4) is 0 Å². The summed E-state index contributed by atoms with van der Waals surface area (Å²) in [6.07, 6.45) is 0. The van der Waals surface area contributed by atoms with Crippen LogP contribution in [0.15, 0.2) is 70.3 Å². The van der Waals surface area contributed by atoms with Gasteiger partial charge in [-0.3, -0.25) is 4.79 Å². The normalized spacial score (nSPS) is 12.0. The summed E-state index contributed by atoms with van der Waals surface area (Å²) in [5.74, 6) is 0.754. The summed E-state index contributed by atoms with van der Waals surface area (Å²) in [6, 6.07) is 19.8. The number of oxazole rings is 1. The zero-order valence-corrected chi connectivity index (χ0v) is 15.3. The Labute approximate surface area is 151 Å². The number of nitrogens with zero attached hydrogens (tertiary/aromatic N) is 2. The van der Waals surface area contributed by atoms with Crippen LogP contribution in [0.4, 0.5) is 0 Å². The van der Waals surface area contributed by atoms with Gasteiger partial charge in [-0.05, 0) is 6.92 Å². The molecule has 128 valence electrons. The van der Waals surface area contributed by atoms with Crippen molar-refractivity contribution in [2.24, 2.45) is 0 Å². The molecule has 0 radical (unpaired) electrons. The number of carbonyl (C=O) groups excluding carboxylic acids is 1. The van der Waals surface area contributed by atoms with Crippen LogP contribution >= 0.6 is 11.8 Å². The number of rotatable bonds is 5. The Morgan fingerprint density at radius 1 is 1.00 bits per heavy atom. The molecular weight excluding hydrogens is 332 g/mol. The van der Waals surface area contributed by atoms with Crippen LogP contribution in [0.1, 0.15) is 6.92 Å². The summed E-state index contributed by atoms with van der Waals surface area (Å²) in [5, 5.41) is 0.237. The molecule has 2 aromatic carbocycles. The first-order valence-corrected chi connectivity index (χ1v) is 8.93. The zero-order valence-electron chi connectivity index (χ0n) is 14.5. The fourth-order valence-corrected chi connectivity index (χ4v) is 3.38. The van der Waals surface area contributed by atoms with Gasteiger partial charge >= 0.3 is 0 Å². The summed E-state index contributed by atoms with van der Waals surface area (Å²) >= 11 is 1.34. The highest BCUT2D eigenvalue weighted by molar-refractivity contribution is 8.00. The number of aromatic nitrogens is 1. The first-order valence-electron chi connectivity index (χ1n) is 8.05. The monoisotopic (exact) mass is 352 g/mol. The minimum absolute atomic E-state index is 0.0331. The summed E-state index contributed by atoms with van der Waals surface area (Å²) in [6.45, 7) is 1.86. The Balaban J connectivity index is 1.99. The first-order chi connectivity index (χ1) is 12.1. The van der Waals surface area contributed by atoms with E-state index in [0.29, 0.717) is 5.22 Å². The predicted molar refractivity (Wildman–Crippen MR) is 101 cm³/mol. The van der Waals surface area contributed by atoms with Gasteiger partial charge in [0.05, 0.1) is 5.25 Å². The van der Waals surface area contributed by atoms with E-state index in [4.69, 9.17) is 4.42 Å². The number of benzene rings is 2. The SMILES string of the molecule is C[C@H](Sc1nc(-c2ccccc2)c(-c2ccccc2)o1)C(=O)N(C)C. The molecule has 0 unspecified atom stereocenters. The molecule has 0 saturated heterocycles. The molecule has 0 aliphatic heterocycles. The van der Waals surface area contributed by atoms with E-state index >= 15 is 0 Å². The third-order valence-electron chi connectivity index (χ3n) is 3.76. The van der Waals surface area contributed by atoms with Gasteiger partial charge in [0.1, 0.15) is 5.69 Å². The molecule has 1 heterocycles. The smallest absolute Gasteiger partial charge is 0.257 e. The maximum atomic E-state index is 12.1. The molecular formula is C20H20N2O2S. The van der Waals surface area contributed by atoms with Crippen molar-refractivity contribution in [2.75, 3.05) is 14.1 Å².